The van der Waals surface area contributed by atoms with Gasteiger partial charge in [0.05, 0.1) is 24.4 Å². The lowest BCUT2D eigenvalue weighted by Crippen LogP contribution is -2.38. The molecule has 1 heterocycles. The molecule has 1 aromatic carbocycles. The number of carbonyl (C=O) groups is 2. The molecule has 0 spiro atoms. The molecule has 1 saturated heterocycles. The molecule has 1 unspecified atom stereocenters. The lowest BCUT2D eigenvalue weighted by molar-refractivity contribution is -0.188. The summed E-state index contributed by atoms with van der Waals surface area (Å²) >= 11 is 5.83. The monoisotopic (exact) mass is 392 g/mol. The van der Waals surface area contributed by atoms with Crippen molar-refractivity contribution in [3.63, 3.8) is 0 Å². The van der Waals surface area contributed by atoms with Crippen LogP contribution in [0.5, 0.6) is 0 Å². The highest BCUT2D eigenvalue weighted by Gasteiger charge is 2.52. The molecule has 1 aliphatic rings. The van der Waals surface area contributed by atoms with Gasteiger partial charge in [-0.1, -0.05) is 30.7 Å². The van der Waals surface area contributed by atoms with Crippen LogP contribution in [0.2, 0.25) is 5.02 Å². The second-order valence-electron chi connectivity index (χ2n) is 6.37. The number of aliphatic carboxylic acids is 1. The van der Waals surface area contributed by atoms with Gasteiger partial charge in [0.15, 0.2) is 0 Å². The van der Waals surface area contributed by atoms with E-state index < -0.39 is 36.4 Å². The third kappa shape index (κ3) is 5.11. The van der Waals surface area contributed by atoms with Crippen LogP contribution in [-0.4, -0.2) is 47.7 Å². The maximum atomic E-state index is 13.0. The topological polar surface area (TPSA) is 69.6 Å². The summed E-state index contributed by atoms with van der Waals surface area (Å²) in [5.41, 5.74) is 0.836. The molecule has 1 fully saturated rings. The molecule has 3 atom stereocenters. The Bertz CT molecular complexity index is 652. The first-order valence-corrected chi connectivity index (χ1v) is 8.56. The van der Waals surface area contributed by atoms with Gasteiger partial charge in [0, 0.05) is 18.1 Å². The number of hydrogen-bond donors (Lipinski definition) is 2. The van der Waals surface area contributed by atoms with E-state index in [1.54, 1.807) is 24.3 Å². The first-order valence-electron chi connectivity index (χ1n) is 8.18. The molecule has 9 heteroatoms. The smallest absolute Gasteiger partial charge is 0.393 e. The van der Waals surface area contributed by atoms with Crippen LogP contribution in [0.25, 0.3) is 0 Å². The summed E-state index contributed by atoms with van der Waals surface area (Å²) in [6.07, 6.45) is -4.01. The second kappa shape index (κ2) is 8.26. The van der Waals surface area contributed by atoms with Gasteiger partial charge in [-0.25, -0.2) is 0 Å². The Morgan fingerprint density at radius 3 is 2.38 bits per heavy atom. The Kier molecular flexibility index (Phi) is 6.52. The standard InChI is InChI=1S/C17H20ClF3N2O3/c1-2-14(10-3-5-11(18)6-4-10)22-15(24)9-23-7-12(16(25)26)13(8-23)17(19,20)21/h3-6,12-14H,2,7-9H2,1H3,(H,22,24)(H,25,26)/t12-,13-,14?/m1/s1. The van der Waals surface area contributed by atoms with Crippen molar-refractivity contribution in [1.82, 2.24) is 10.2 Å². The summed E-state index contributed by atoms with van der Waals surface area (Å²) in [7, 11) is 0. The van der Waals surface area contributed by atoms with Crippen molar-refractivity contribution < 1.29 is 27.9 Å². The SMILES string of the molecule is CCC(NC(=O)CN1C[C@@H](C(F)(F)F)[C@H](C(=O)O)C1)c1ccc(Cl)cc1. The largest absolute Gasteiger partial charge is 0.481 e. The summed E-state index contributed by atoms with van der Waals surface area (Å²) in [5.74, 6) is -5.46. The highest BCUT2D eigenvalue weighted by molar-refractivity contribution is 6.30. The van der Waals surface area contributed by atoms with Crippen LogP contribution in [0.4, 0.5) is 13.2 Å². The summed E-state index contributed by atoms with van der Waals surface area (Å²) < 4.78 is 39.0. The maximum Gasteiger partial charge on any atom is 0.393 e. The summed E-state index contributed by atoms with van der Waals surface area (Å²) in [4.78, 5) is 24.6. The van der Waals surface area contributed by atoms with Gasteiger partial charge in [-0.15, -0.1) is 0 Å². The van der Waals surface area contributed by atoms with E-state index in [0.29, 0.717) is 11.4 Å². The Labute approximate surface area is 154 Å². The number of nitrogens with one attached hydrogen (secondary N) is 1. The average Bonchev–Trinajstić information content (AvgIpc) is 2.98. The second-order valence-corrected chi connectivity index (χ2v) is 6.80. The molecular formula is C17H20ClF3N2O3. The van der Waals surface area contributed by atoms with Crippen molar-refractivity contribution >= 4 is 23.5 Å². The van der Waals surface area contributed by atoms with E-state index in [-0.39, 0.29) is 19.1 Å². The fourth-order valence-electron chi connectivity index (χ4n) is 3.16. The first kappa shape index (κ1) is 20.5. The van der Waals surface area contributed by atoms with Crippen LogP contribution in [0, 0.1) is 11.8 Å². The fraction of sp³-hybridized carbons (Fsp3) is 0.529. The maximum absolute atomic E-state index is 13.0. The molecule has 1 aliphatic heterocycles. The van der Waals surface area contributed by atoms with E-state index in [2.05, 4.69) is 5.32 Å². The Morgan fingerprint density at radius 2 is 1.92 bits per heavy atom. The number of alkyl halides is 3. The minimum atomic E-state index is -4.61. The van der Waals surface area contributed by atoms with Crippen molar-refractivity contribution in [3.05, 3.63) is 34.9 Å². The Morgan fingerprint density at radius 1 is 1.31 bits per heavy atom. The normalized spacial score (nSPS) is 22.2. The minimum Gasteiger partial charge on any atom is -0.481 e. The lowest BCUT2D eigenvalue weighted by Gasteiger charge is -2.21. The fourth-order valence-corrected chi connectivity index (χ4v) is 3.28. The molecule has 1 aromatic rings. The van der Waals surface area contributed by atoms with Crippen LogP contribution in [0.1, 0.15) is 24.9 Å². The van der Waals surface area contributed by atoms with E-state index in [0.717, 1.165) is 5.56 Å². The van der Waals surface area contributed by atoms with Crippen LogP contribution >= 0.6 is 11.6 Å². The number of benzene rings is 1. The van der Waals surface area contributed by atoms with Gasteiger partial charge in [-0.05, 0) is 24.1 Å². The van der Waals surface area contributed by atoms with E-state index in [1.165, 1.54) is 4.90 Å². The molecule has 0 aliphatic carbocycles. The van der Waals surface area contributed by atoms with Gasteiger partial charge >= 0.3 is 12.1 Å². The zero-order chi connectivity index (χ0) is 19.5. The third-order valence-electron chi connectivity index (χ3n) is 4.52. The van der Waals surface area contributed by atoms with Crippen LogP contribution in [0.3, 0.4) is 0 Å². The number of carboxylic acid groups (broad SMARTS) is 1. The molecule has 1 amide bonds. The molecule has 0 radical (unpaired) electrons. The number of carboxylic acids is 1. The predicted molar refractivity (Wildman–Crippen MR) is 89.7 cm³/mol. The van der Waals surface area contributed by atoms with Gasteiger partial charge in [-0.3, -0.25) is 14.5 Å². The van der Waals surface area contributed by atoms with Crippen LogP contribution in [-0.2, 0) is 9.59 Å². The molecule has 2 rings (SSSR count). The molecule has 26 heavy (non-hydrogen) atoms. The van der Waals surface area contributed by atoms with Gasteiger partial charge in [-0.2, -0.15) is 13.2 Å². The lowest BCUT2D eigenvalue weighted by atomic mass is 9.96. The summed E-state index contributed by atoms with van der Waals surface area (Å²) in [6, 6.07) is 6.63. The van der Waals surface area contributed by atoms with Crippen molar-refractivity contribution in [3.8, 4) is 0 Å². The minimum absolute atomic E-state index is 0.277. The number of nitrogens with zero attached hydrogens (tertiary/aromatic N) is 1. The van der Waals surface area contributed by atoms with E-state index in [4.69, 9.17) is 16.7 Å². The molecule has 2 N–H and O–H groups in total. The highest BCUT2D eigenvalue weighted by Crippen LogP contribution is 2.37. The van der Waals surface area contributed by atoms with Crippen LogP contribution < -0.4 is 5.32 Å². The average molecular weight is 393 g/mol. The van der Waals surface area contributed by atoms with E-state index in [1.807, 2.05) is 6.92 Å². The quantitative estimate of drug-likeness (QED) is 0.780. The number of amides is 1. The molecular weight excluding hydrogens is 373 g/mol. The molecule has 0 aromatic heterocycles. The zero-order valence-corrected chi connectivity index (χ0v) is 14.8. The summed E-state index contributed by atoms with van der Waals surface area (Å²) in [5, 5.41) is 12.4. The van der Waals surface area contributed by atoms with Crippen molar-refractivity contribution in [2.75, 3.05) is 19.6 Å². The molecule has 0 saturated carbocycles. The third-order valence-corrected chi connectivity index (χ3v) is 4.77. The van der Waals surface area contributed by atoms with Crippen molar-refractivity contribution in [2.24, 2.45) is 11.8 Å². The number of rotatable bonds is 6. The number of carbonyl (C=O) groups excluding carboxylic acids is 1. The van der Waals surface area contributed by atoms with Crippen LogP contribution in [0.15, 0.2) is 24.3 Å². The number of likely N-dealkylation sites (tertiary alicyclic amines) is 1. The first-order chi connectivity index (χ1) is 12.1. The van der Waals surface area contributed by atoms with E-state index in [9.17, 15) is 22.8 Å². The highest BCUT2D eigenvalue weighted by atomic mass is 35.5. The number of halogens is 4. The molecule has 5 nitrogen and oxygen atoms in total. The predicted octanol–water partition coefficient (Wildman–Crippen LogP) is 3.10. The van der Waals surface area contributed by atoms with Gasteiger partial charge < -0.3 is 10.4 Å². The number of hydrogen-bond acceptors (Lipinski definition) is 3. The van der Waals surface area contributed by atoms with E-state index >= 15 is 0 Å². The summed E-state index contributed by atoms with van der Waals surface area (Å²) in [6.45, 7) is 0.798. The molecule has 144 valence electrons. The molecule has 0 bridgehead atoms. The van der Waals surface area contributed by atoms with Crippen molar-refractivity contribution in [2.45, 2.75) is 25.6 Å². The zero-order valence-electron chi connectivity index (χ0n) is 14.1. The van der Waals surface area contributed by atoms with Gasteiger partial charge in [0.1, 0.15) is 0 Å². The van der Waals surface area contributed by atoms with Crippen molar-refractivity contribution in [1.29, 1.82) is 0 Å². The van der Waals surface area contributed by atoms with Gasteiger partial charge in [0.2, 0.25) is 5.91 Å². The van der Waals surface area contributed by atoms with Gasteiger partial charge in [0.25, 0.3) is 0 Å². The Balaban J connectivity index is 1.98. The Hall–Kier alpha value is -1.80.